The van der Waals surface area contributed by atoms with E-state index in [-0.39, 0.29) is 17.4 Å². The first-order chi connectivity index (χ1) is 15.3. The van der Waals surface area contributed by atoms with E-state index in [1.54, 1.807) is 6.92 Å². The van der Waals surface area contributed by atoms with Gasteiger partial charge in [-0.2, -0.15) is 4.98 Å². The number of ether oxygens (including phenoxy) is 1. The van der Waals surface area contributed by atoms with Crippen molar-refractivity contribution in [3.63, 3.8) is 0 Å². The minimum atomic E-state index is -0.749. The Bertz CT molecular complexity index is 1230. The van der Waals surface area contributed by atoms with Crippen LogP contribution < -0.4 is 10.6 Å². The number of nitrogens with two attached hydrogens (primary N) is 1. The van der Waals surface area contributed by atoms with Crippen LogP contribution in [0, 0.1) is 30.9 Å². The van der Waals surface area contributed by atoms with Crippen LogP contribution in [0.1, 0.15) is 18.3 Å². The molecular weight excluding hydrogens is 416 g/mol. The molecule has 0 spiro atoms. The fraction of sp³-hybridized carbons (Fsp3) is 0.318. The zero-order valence-electron chi connectivity index (χ0n) is 17.9. The summed E-state index contributed by atoms with van der Waals surface area (Å²) in [6.07, 6.45) is 1.85. The van der Waals surface area contributed by atoms with E-state index >= 15 is 0 Å². The van der Waals surface area contributed by atoms with E-state index in [0.29, 0.717) is 47.2 Å². The van der Waals surface area contributed by atoms with Gasteiger partial charge in [0.1, 0.15) is 28.9 Å². The number of fused-ring (bicyclic) bond motifs is 1. The summed E-state index contributed by atoms with van der Waals surface area (Å²) in [7, 11) is 0. The molecule has 1 saturated heterocycles. The predicted molar refractivity (Wildman–Crippen MR) is 118 cm³/mol. The van der Waals surface area contributed by atoms with Gasteiger partial charge in [0.25, 0.3) is 0 Å². The lowest BCUT2D eigenvalue weighted by atomic mass is 10.1. The average molecular weight is 439 g/mol. The Morgan fingerprint density at radius 3 is 2.59 bits per heavy atom. The minimum Gasteiger partial charge on any atom is -0.404 e. The fourth-order valence-electron chi connectivity index (χ4n) is 3.66. The van der Waals surface area contributed by atoms with Gasteiger partial charge in [-0.05, 0) is 32.9 Å². The number of nitrogens with zero attached hydrogens (tertiary/aromatic N) is 5. The van der Waals surface area contributed by atoms with Gasteiger partial charge in [-0.25, -0.2) is 23.7 Å². The van der Waals surface area contributed by atoms with Gasteiger partial charge in [-0.3, -0.25) is 0 Å². The highest BCUT2D eigenvalue weighted by atomic mass is 19.1. The third-order valence-corrected chi connectivity index (χ3v) is 5.39. The summed E-state index contributed by atoms with van der Waals surface area (Å²) in [5.41, 5.74) is 8.52. The van der Waals surface area contributed by atoms with E-state index in [9.17, 15) is 8.78 Å². The first-order valence-corrected chi connectivity index (χ1v) is 10.1. The fourth-order valence-corrected chi connectivity index (χ4v) is 3.66. The highest BCUT2D eigenvalue weighted by Crippen LogP contribution is 2.30. The minimum absolute atomic E-state index is 0.109. The third kappa shape index (κ3) is 4.01. The van der Waals surface area contributed by atoms with Crippen LogP contribution in [-0.4, -0.2) is 51.4 Å². The number of aromatic nitrogens is 4. The predicted octanol–water partition coefficient (Wildman–Crippen LogP) is 3.07. The van der Waals surface area contributed by atoms with E-state index in [1.165, 1.54) is 18.3 Å². The Morgan fingerprint density at radius 2 is 1.91 bits per heavy atom. The van der Waals surface area contributed by atoms with Crippen molar-refractivity contribution in [3.8, 4) is 11.3 Å². The van der Waals surface area contributed by atoms with Crippen molar-refractivity contribution >= 4 is 23.3 Å². The Morgan fingerprint density at radius 1 is 1.16 bits per heavy atom. The topological polar surface area (TPSA) is 114 Å². The Labute approximate surface area is 183 Å². The zero-order valence-corrected chi connectivity index (χ0v) is 17.9. The quantitative estimate of drug-likeness (QED) is 0.601. The van der Waals surface area contributed by atoms with Crippen LogP contribution in [0.2, 0.25) is 0 Å². The van der Waals surface area contributed by atoms with Gasteiger partial charge in [0.2, 0.25) is 5.95 Å². The van der Waals surface area contributed by atoms with Crippen LogP contribution >= 0.6 is 0 Å². The molecule has 32 heavy (non-hydrogen) atoms. The molecule has 0 radical (unpaired) electrons. The molecule has 166 valence electrons. The smallest absolute Gasteiger partial charge is 0.228 e. The van der Waals surface area contributed by atoms with E-state index in [2.05, 4.69) is 19.9 Å². The van der Waals surface area contributed by atoms with Crippen LogP contribution in [0.15, 0.2) is 30.0 Å². The van der Waals surface area contributed by atoms with Gasteiger partial charge in [0.15, 0.2) is 5.65 Å². The lowest BCUT2D eigenvalue weighted by Gasteiger charge is -2.37. The summed E-state index contributed by atoms with van der Waals surface area (Å²) in [5, 5.41) is 7.58. The molecule has 10 heteroatoms. The standard InChI is InChI=1S/C22H23F2N7O/c1-11-9-31(10-18(32-11)14(7-25)8-26)22-29-19(16-5-4-15(23)6-17(16)24)20-21(30-22)28-13(3)12(2)27-20/h4-8,11,18,25H,9-10,26H2,1-3H3/b14-8+,25-7?/t11-,18+/m0/s1. The summed E-state index contributed by atoms with van der Waals surface area (Å²) >= 11 is 0. The second-order valence-electron chi connectivity index (χ2n) is 7.71. The first-order valence-electron chi connectivity index (χ1n) is 10.1. The molecule has 0 amide bonds. The van der Waals surface area contributed by atoms with Crippen LogP contribution in [0.25, 0.3) is 22.4 Å². The van der Waals surface area contributed by atoms with Gasteiger partial charge in [-0.15, -0.1) is 0 Å². The van der Waals surface area contributed by atoms with E-state index in [1.807, 2.05) is 18.7 Å². The van der Waals surface area contributed by atoms with Gasteiger partial charge in [0.05, 0.1) is 24.0 Å². The molecule has 0 unspecified atom stereocenters. The van der Waals surface area contributed by atoms with Crippen LogP contribution in [0.4, 0.5) is 14.7 Å². The third-order valence-electron chi connectivity index (χ3n) is 5.39. The van der Waals surface area contributed by atoms with Crippen LogP contribution in [0.3, 0.4) is 0 Å². The number of halogens is 2. The monoisotopic (exact) mass is 439 g/mol. The SMILES string of the molecule is Cc1nc2nc(N3C[C@H](C)O[C@@H](/C(C=N)=C/N)C3)nc(-c3ccc(F)cc3F)c2nc1C. The summed E-state index contributed by atoms with van der Waals surface area (Å²) in [6, 6.07) is 3.32. The molecule has 4 rings (SSSR count). The van der Waals surface area contributed by atoms with Crippen molar-refractivity contribution in [2.24, 2.45) is 5.73 Å². The number of hydrogen-bond donors (Lipinski definition) is 2. The van der Waals surface area contributed by atoms with Crippen molar-refractivity contribution in [2.45, 2.75) is 33.0 Å². The lowest BCUT2D eigenvalue weighted by molar-refractivity contribution is 0.00664. The van der Waals surface area contributed by atoms with Gasteiger partial charge < -0.3 is 20.8 Å². The second-order valence-corrected chi connectivity index (χ2v) is 7.71. The highest BCUT2D eigenvalue weighted by Gasteiger charge is 2.30. The number of aryl methyl sites for hydroxylation is 2. The maximum Gasteiger partial charge on any atom is 0.228 e. The van der Waals surface area contributed by atoms with Crippen molar-refractivity contribution in [1.29, 1.82) is 5.41 Å². The van der Waals surface area contributed by atoms with Crippen LogP contribution in [-0.2, 0) is 4.74 Å². The van der Waals surface area contributed by atoms with Gasteiger partial charge in [0, 0.05) is 36.2 Å². The van der Waals surface area contributed by atoms with Crippen molar-refractivity contribution in [3.05, 3.63) is 53.0 Å². The molecule has 1 fully saturated rings. The Hall–Kier alpha value is -3.53. The average Bonchev–Trinajstić information content (AvgIpc) is 2.75. The zero-order chi connectivity index (χ0) is 23.0. The first kappa shape index (κ1) is 21.7. The largest absolute Gasteiger partial charge is 0.404 e. The lowest BCUT2D eigenvalue weighted by Crippen LogP contribution is -2.48. The molecule has 2 atom stereocenters. The summed E-state index contributed by atoms with van der Waals surface area (Å²) in [5.74, 6) is -1.11. The maximum absolute atomic E-state index is 14.7. The van der Waals surface area contributed by atoms with Crippen molar-refractivity contribution in [1.82, 2.24) is 19.9 Å². The summed E-state index contributed by atoms with van der Waals surface area (Å²) < 4.78 is 34.2. The highest BCUT2D eigenvalue weighted by molar-refractivity contribution is 5.88. The second kappa shape index (κ2) is 8.54. The molecule has 3 N–H and O–H groups in total. The Kier molecular flexibility index (Phi) is 5.79. The van der Waals surface area contributed by atoms with Crippen LogP contribution in [0.5, 0.6) is 0 Å². The number of benzene rings is 1. The molecule has 1 aliphatic rings. The summed E-state index contributed by atoms with van der Waals surface area (Å²) in [4.78, 5) is 20.2. The van der Waals surface area contributed by atoms with Crippen molar-refractivity contribution < 1.29 is 13.5 Å². The number of hydrogen-bond acceptors (Lipinski definition) is 8. The molecule has 3 heterocycles. The molecule has 0 aliphatic carbocycles. The van der Waals surface area contributed by atoms with Gasteiger partial charge in [-0.1, -0.05) is 0 Å². The summed E-state index contributed by atoms with van der Waals surface area (Å²) in [6.45, 7) is 6.33. The number of rotatable bonds is 4. The molecule has 1 aromatic carbocycles. The normalized spacial score (nSPS) is 19.4. The van der Waals surface area contributed by atoms with E-state index in [0.717, 1.165) is 12.3 Å². The van der Waals surface area contributed by atoms with Gasteiger partial charge >= 0.3 is 0 Å². The molecule has 2 aromatic heterocycles. The maximum atomic E-state index is 14.7. The molecule has 1 aliphatic heterocycles. The molecule has 0 bridgehead atoms. The van der Waals surface area contributed by atoms with E-state index in [4.69, 9.17) is 15.9 Å². The molecule has 3 aromatic rings. The van der Waals surface area contributed by atoms with Crippen molar-refractivity contribution in [2.75, 3.05) is 18.0 Å². The Balaban J connectivity index is 1.89. The number of nitrogens with one attached hydrogen (secondary N) is 1. The number of anilines is 1. The number of morpholine rings is 1. The molecule has 8 nitrogen and oxygen atoms in total. The molecule has 0 saturated carbocycles. The van der Waals surface area contributed by atoms with E-state index < -0.39 is 17.7 Å². The molecular formula is C22H23F2N7O.